The zero-order valence-electron chi connectivity index (χ0n) is 13.6. The summed E-state index contributed by atoms with van der Waals surface area (Å²) in [5, 5.41) is 0. The number of hydrogen-bond donors (Lipinski definition) is 1. The van der Waals surface area contributed by atoms with E-state index in [0.29, 0.717) is 11.5 Å². The summed E-state index contributed by atoms with van der Waals surface area (Å²) >= 11 is 0. The Bertz CT molecular complexity index is 872. The topological polar surface area (TPSA) is 28.7 Å². The first kappa shape index (κ1) is 15.1. The van der Waals surface area contributed by atoms with E-state index in [2.05, 4.69) is 22.1 Å². The lowest BCUT2D eigenvalue weighted by atomic mass is 9.89. The SMILES string of the molecule is Fc1ccccc1-c1ccc2nc(/C=C/C3CCCCC3)[nH]c2c1. The van der Waals surface area contributed by atoms with Gasteiger partial charge in [0.1, 0.15) is 11.6 Å². The van der Waals surface area contributed by atoms with Crippen LogP contribution in [0.1, 0.15) is 37.9 Å². The summed E-state index contributed by atoms with van der Waals surface area (Å²) in [6.45, 7) is 0. The van der Waals surface area contributed by atoms with Crippen LogP contribution < -0.4 is 0 Å². The number of nitrogens with zero attached hydrogens (tertiary/aromatic N) is 1. The minimum absolute atomic E-state index is 0.200. The van der Waals surface area contributed by atoms with E-state index in [4.69, 9.17) is 0 Å². The van der Waals surface area contributed by atoms with Crippen molar-refractivity contribution in [1.82, 2.24) is 9.97 Å². The van der Waals surface area contributed by atoms with E-state index in [1.165, 1.54) is 38.2 Å². The molecule has 1 N–H and O–H groups in total. The van der Waals surface area contributed by atoms with Gasteiger partial charge in [-0.3, -0.25) is 0 Å². The van der Waals surface area contributed by atoms with E-state index < -0.39 is 0 Å². The van der Waals surface area contributed by atoms with Gasteiger partial charge in [-0.1, -0.05) is 49.6 Å². The Labute approximate surface area is 141 Å². The number of halogens is 1. The van der Waals surface area contributed by atoms with E-state index in [1.807, 2.05) is 24.3 Å². The number of aromatic amines is 1. The van der Waals surface area contributed by atoms with E-state index in [1.54, 1.807) is 12.1 Å². The Morgan fingerprint density at radius 1 is 1.04 bits per heavy atom. The lowest BCUT2D eigenvalue weighted by molar-refractivity contribution is 0.420. The fraction of sp³-hybridized carbons (Fsp3) is 0.286. The summed E-state index contributed by atoms with van der Waals surface area (Å²) in [6, 6.07) is 12.7. The van der Waals surface area contributed by atoms with Crippen molar-refractivity contribution in [2.24, 2.45) is 5.92 Å². The van der Waals surface area contributed by atoms with E-state index in [-0.39, 0.29) is 5.82 Å². The Balaban J connectivity index is 1.61. The first-order valence-corrected chi connectivity index (χ1v) is 8.72. The van der Waals surface area contributed by atoms with Gasteiger partial charge < -0.3 is 4.98 Å². The number of benzene rings is 2. The molecule has 2 aromatic carbocycles. The molecule has 24 heavy (non-hydrogen) atoms. The highest BCUT2D eigenvalue weighted by molar-refractivity contribution is 5.83. The second-order valence-corrected chi connectivity index (χ2v) is 6.59. The molecule has 1 saturated carbocycles. The molecule has 0 bridgehead atoms. The molecular weight excluding hydrogens is 299 g/mol. The van der Waals surface area contributed by atoms with Gasteiger partial charge in [0.05, 0.1) is 11.0 Å². The molecule has 1 heterocycles. The summed E-state index contributed by atoms with van der Waals surface area (Å²) in [4.78, 5) is 7.96. The van der Waals surface area contributed by atoms with Crippen molar-refractivity contribution < 1.29 is 4.39 Å². The summed E-state index contributed by atoms with van der Waals surface area (Å²) < 4.78 is 14.0. The first-order valence-electron chi connectivity index (χ1n) is 8.72. The minimum atomic E-state index is -0.200. The molecule has 0 saturated heterocycles. The van der Waals surface area contributed by atoms with E-state index in [9.17, 15) is 4.39 Å². The van der Waals surface area contributed by atoms with E-state index >= 15 is 0 Å². The molecule has 0 amide bonds. The maximum Gasteiger partial charge on any atom is 0.131 e. The molecule has 0 aliphatic heterocycles. The van der Waals surface area contributed by atoms with Gasteiger partial charge >= 0.3 is 0 Å². The zero-order valence-corrected chi connectivity index (χ0v) is 13.6. The second-order valence-electron chi connectivity index (χ2n) is 6.59. The molecular formula is C21H21FN2. The van der Waals surface area contributed by atoms with Gasteiger partial charge in [-0.05, 0) is 48.6 Å². The van der Waals surface area contributed by atoms with Crippen LogP contribution in [-0.2, 0) is 0 Å². The number of aromatic nitrogens is 2. The molecule has 3 heteroatoms. The molecule has 4 rings (SSSR count). The maximum absolute atomic E-state index is 14.0. The number of nitrogens with one attached hydrogen (secondary N) is 1. The summed E-state index contributed by atoms with van der Waals surface area (Å²) in [7, 11) is 0. The third-order valence-electron chi connectivity index (χ3n) is 4.86. The van der Waals surface area contributed by atoms with Crippen LogP contribution in [0.3, 0.4) is 0 Å². The van der Waals surface area contributed by atoms with Crippen molar-refractivity contribution in [3.63, 3.8) is 0 Å². The highest BCUT2D eigenvalue weighted by Crippen LogP contribution is 2.27. The average Bonchev–Trinajstić information content (AvgIpc) is 3.03. The number of fused-ring (bicyclic) bond motifs is 1. The summed E-state index contributed by atoms with van der Waals surface area (Å²) in [5.41, 5.74) is 3.35. The van der Waals surface area contributed by atoms with Crippen molar-refractivity contribution in [2.45, 2.75) is 32.1 Å². The van der Waals surface area contributed by atoms with E-state index in [0.717, 1.165) is 22.4 Å². The molecule has 1 aliphatic carbocycles. The molecule has 0 spiro atoms. The Hall–Kier alpha value is -2.42. The Morgan fingerprint density at radius 2 is 1.88 bits per heavy atom. The lowest BCUT2D eigenvalue weighted by Gasteiger charge is -2.17. The van der Waals surface area contributed by atoms with Crippen LogP contribution >= 0.6 is 0 Å². The number of imidazole rings is 1. The van der Waals surface area contributed by atoms with Crippen molar-refractivity contribution in [1.29, 1.82) is 0 Å². The predicted octanol–water partition coefficient (Wildman–Crippen LogP) is 5.96. The first-order chi connectivity index (χ1) is 11.8. The number of hydrogen-bond acceptors (Lipinski definition) is 1. The molecule has 0 radical (unpaired) electrons. The molecule has 1 aromatic heterocycles. The maximum atomic E-state index is 14.0. The second kappa shape index (κ2) is 6.60. The van der Waals surface area contributed by atoms with Crippen LogP contribution in [0.4, 0.5) is 4.39 Å². The van der Waals surface area contributed by atoms with Gasteiger partial charge in [0.2, 0.25) is 0 Å². The quantitative estimate of drug-likeness (QED) is 0.633. The number of rotatable bonds is 3. The molecule has 0 unspecified atom stereocenters. The third kappa shape index (κ3) is 3.12. The lowest BCUT2D eigenvalue weighted by Crippen LogP contribution is -2.02. The highest BCUT2D eigenvalue weighted by atomic mass is 19.1. The van der Waals surface area contributed by atoms with Crippen molar-refractivity contribution in [3.8, 4) is 11.1 Å². The smallest absolute Gasteiger partial charge is 0.131 e. The zero-order chi connectivity index (χ0) is 16.4. The number of H-pyrrole nitrogens is 1. The highest BCUT2D eigenvalue weighted by Gasteiger charge is 2.10. The standard InChI is InChI=1S/C21H21FN2/c22-18-9-5-4-8-17(18)16-11-12-19-20(14-16)24-21(23-19)13-10-15-6-2-1-3-7-15/h4-5,8-15H,1-3,6-7H2,(H,23,24)/b13-10+. The minimum Gasteiger partial charge on any atom is -0.338 e. The molecule has 2 nitrogen and oxygen atoms in total. The van der Waals surface area contributed by atoms with Gasteiger partial charge in [0.15, 0.2) is 0 Å². The van der Waals surface area contributed by atoms with Gasteiger partial charge in [0.25, 0.3) is 0 Å². The normalized spacial score (nSPS) is 16.2. The molecule has 1 aliphatic rings. The van der Waals surface area contributed by atoms with Crippen molar-refractivity contribution in [3.05, 3.63) is 60.2 Å². The van der Waals surface area contributed by atoms with Crippen LogP contribution in [0, 0.1) is 11.7 Å². The Kier molecular flexibility index (Phi) is 4.16. The summed E-state index contributed by atoms with van der Waals surface area (Å²) in [6.07, 6.45) is 11.0. The van der Waals surface area contributed by atoms with Crippen LogP contribution in [-0.4, -0.2) is 9.97 Å². The average molecular weight is 320 g/mol. The largest absolute Gasteiger partial charge is 0.338 e. The van der Waals surface area contributed by atoms with Gasteiger partial charge in [-0.25, -0.2) is 9.37 Å². The molecule has 1 fully saturated rings. The predicted molar refractivity (Wildman–Crippen MR) is 97.1 cm³/mol. The number of allylic oxidation sites excluding steroid dienone is 1. The third-order valence-corrected chi connectivity index (χ3v) is 4.86. The van der Waals surface area contributed by atoms with Crippen LogP contribution in [0.5, 0.6) is 0 Å². The summed E-state index contributed by atoms with van der Waals surface area (Å²) in [5.74, 6) is 1.36. The molecule has 0 atom stereocenters. The molecule has 122 valence electrons. The van der Waals surface area contributed by atoms with Gasteiger partial charge in [0, 0.05) is 5.56 Å². The fourth-order valence-corrected chi connectivity index (χ4v) is 3.52. The van der Waals surface area contributed by atoms with Crippen LogP contribution in [0.2, 0.25) is 0 Å². The van der Waals surface area contributed by atoms with Crippen molar-refractivity contribution >= 4 is 17.1 Å². The molecule has 3 aromatic rings. The van der Waals surface area contributed by atoms with Crippen LogP contribution in [0.15, 0.2) is 48.5 Å². The fourth-order valence-electron chi connectivity index (χ4n) is 3.52. The van der Waals surface area contributed by atoms with Crippen molar-refractivity contribution in [2.75, 3.05) is 0 Å². The Morgan fingerprint density at radius 3 is 2.71 bits per heavy atom. The van der Waals surface area contributed by atoms with Gasteiger partial charge in [-0.2, -0.15) is 0 Å². The van der Waals surface area contributed by atoms with Crippen LogP contribution in [0.25, 0.3) is 28.2 Å². The van der Waals surface area contributed by atoms with Gasteiger partial charge in [-0.15, -0.1) is 0 Å². The monoisotopic (exact) mass is 320 g/mol.